The molecule has 0 fully saturated rings. The van der Waals surface area contributed by atoms with Crippen LogP contribution in [0.4, 0.5) is 0 Å². The standard InChI is InChI=1S/C35H33ClN6/c36-35-28(18-26-6-1-2-8-31(26)41-35)21-37-20-24-11-13-25(14-12-24)22-42(23-34-39-32-9-3-4-10-33(32)40-34)29-15-16-30-27(19-29)7-5-17-38-30/h1-14,17-19,29-30,37H,15-16,20-23H2,(H,39,40). The molecule has 6 nitrogen and oxygen atoms in total. The second kappa shape index (κ2) is 12.0. The summed E-state index contributed by atoms with van der Waals surface area (Å²) in [6.45, 7) is 3.02. The summed E-state index contributed by atoms with van der Waals surface area (Å²) < 4.78 is 0. The lowest BCUT2D eigenvalue weighted by Crippen LogP contribution is -2.37. The van der Waals surface area contributed by atoms with Crippen LogP contribution in [0.3, 0.4) is 0 Å². The van der Waals surface area contributed by atoms with Crippen molar-refractivity contribution in [2.45, 2.75) is 51.1 Å². The van der Waals surface area contributed by atoms with Gasteiger partial charge < -0.3 is 10.3 Å². The van der Waals surface area contributed by atoms with Gasteiger partial charge >= 0.3 is 0 Å². The number of pyridine rings is 1. The number of aliphatic imine (C=N–C) groups is 1. The molecular formula is C35H33ClN6. The third kappa shape index (κ3) is 5.93. The van der Waals surface area contributed by atoms with Crippen molar-refractivity contribution in [3.63, 3.8) is 0 Å². The lowest BCUT2D eigenvalue weighted by molar-refractivity contribution is 0.188. The van der Waals surface area contributed by atoms with E-state index in [1.165, 1.54) is 16.7 Å². The van der Waals surface area contributed by atoms with Gasteiger partial charge in [0, 0.05) is 42.8 Å². The van der Waals surface area contributed by atoms with Crippen LogP contribution in [0.15, 0.2) is 108 Å². The molecule has 210 valence electrons. The number of rotatable bonds is 9. The Morgan fingerprint density at radius 1 is 0.857 bits per heavy atom. The van der Waals surface area contributed by atoms with Gasteiger partial charge in [-0.3, -0.25) is 9.89 Å². The summed E-state index contributed by atoms with van der Waals surface area (Å²) in [5.74, 6) is 0.997. The molecule has 7 rings (SSSR count). The number of fused-ring (bicyclic) bond motifs is 3. The van der Waals surface area contributed by atoms with Crippen LogP contribution < -0.4 is 5.32 Å². The Balaban J connectivity index is 1.04. The number of hydrogen-bond acceptors (Lipinski definition) is 5. The van der Waals surface area contributed by atoms with Crippen molar-refractivity contribution in [3.05, 3.63) is 130 Å². The summed E-state index contributed by atoms with van der Waals surface area (Å²) in [7, 11) is 0. The summed E-state index contributed by atoms with van der Waals surface area (Å²) in [4.78, 5) is 20.2. The first-order valence-corrected chi connectivity index (χ1v) is 15.0. The molecule has 0 radical (unpaired) electrons. The number of para-hydroxylation sites is 3. The van der Waals surface area contributed by atoms with Gasteiger partial charge in [-0.05, 0) is 59.9 Å². The van der Waals surface area contributed by atoms with Gasteiger partial charge in [0.1, 0.15) is 11.0 Å². The molecule has 42 heavy (non-hydrogen) atoms. The zero-order valence-electron chi connectivity index (χ0n) is 23.4. The van der Waals surface area contributed by atoms with Crippen LogP contribution in [-0.2, 0) is 26.2 Å². The van der Waals surface area contributed by atoms with Crippen LogP contribution in [0.1, 0.15) is 35.4 Å². The number of nitrogens with zero attached hydrogens (tertiary/aromatic N) is 4. The highest BCUT2D eigenvalue weighted by atomic mass is 35.5. The van der Waals surface area contributed by atoms with Crippen LogP contribution in [-0.4, -0.2) is 38.2 Å². The number of hydrogen-bond donors (Lipinski definition) is 2. The Labute approximate surface area is 250 Å². The molecule has 2 unspecified atom stereocenters. The maximum atomic E-state index is 6.46. The summed E-state index contributed by atoms with van der Waals surface area (Å²) in [6, 6.07) is 28.0. The van der Waals surface area contributed by atoms with Crippen LogP contribution in [0.2, 0.25) is 5.15 Å². The molecule has 3 aromatic carbocycles. The van der Waals surface area contributed by atoms with Crippen LogP contribution in [0, 0.1) is 0 Å². The number of aromatic nitrogens is 3. The number of imidazole rings is 1. The molecule has 1 aliphatic heterocycles. The highest BCUT2D eigenvalue weighted by Gasteiger charge is 2.27. The number of halogens is 1. The quantitative estimate of drug-likeness (QED) is 0.184. The molecule has 2 atom stereocenters. The smallest absolute Gasteiger partial charge is 0.134 e. The fourth-order valence-electron chi connectivity index (χ4n) is 6.00. The van der Waals surface area contributed by atoms with Crippen molar-refractivity contribution in [1.29, 1.82) is 0 Å². The molecule has 2 aliphatic rings. The Morgan fingerprint density at radius 2 is 1.67 bits per heavy atom. The van der Waals surface area contributed by atoms with Crippen LogP contribution in [0.5, 0.6) is 0 Å². The summed E-state index contributed by atoms with van der Waals surface area (Å²) >= 11 is 6.46. The van der Waals surface area contributed by atoms with E-state index in [2.05, 4.69) is 85.9 Å². The Hall–Kier alpha value is -4.10. The van der Waals surface area contributed by atoms with Gasteiger partial charge in [0.15, 0.2) is 0 Å². The van der Waals surface area contributed by atoms with Crippen molar-refractivity contribution in [2.24, 2.45) is 4.99 Å². The zero-order valence-corrected chi connectivity index (χ0v) is 24.1. The fourth-order valence-corrected chi connectivity index (χ4v) is 6.21. The van der Waals surface area contributed by atoms with Crippen LogP contribution >= 0.6 is 11.6 Å². The van der Waals surface area contributed by atoms with E-state index in [-0.39, 0.29) is 0 Å². The summed E-state index contributed by atoms with van der Waals surface area (Å²) in [5, 5.41) is 5.19. The highest BCUT2D eigenvalue weighted by Crippen LogP contribution is 2.29. The third-order valence-corrected chi connectivity index (χ3v) is 8.54. The molecule has 0 bridgehead atoms. The first-order valence-electron chi connectivity index (χ1n) is 14.6. The molecule has 3 heterocycles. The molecular weight excluding hydrogens is 540 g/mol. The van der Waals surface area contributed by atoms with E-state index in [0.717, 1.165) is 65.8 Å². The Bertz CT molecular complexity index is 1770. The minimum Gasteiger partial charge on any atom is -0.341 e. The van der Waals surface area contributed by atoms with E-state index in [1.807, 2.05) is 42.6 Å². The monoisotopic (exact) mass is 572 g/mol. The fraction of sp³-hybridized carbons (Fsp3) is 0.229. The average molecular weight is 573 g/mol. The molecule has 2 aromatic heterocycles. The predicted molar refractivity (Wildman–Crippen MR) is 172 cm³/mol. The van der Waals surface area contributed by atoms with E-state index in [1.54, 1.807) is 0 Å². The Morgan fingerprint density at radius 3 is 2.55 bits per heavy atom. The van der Waals surface area contributed by atoms with E-state index in [4.69, 9.17) is 16.6 Å². The van der Waals surface area contributed by atoms with E-state index >= 15 is 0 Å². The van der Waals surface area contributed by atoms with Crippen LogP contribution in [0.25, 0.3) is 21.9 Å². The van der Waals surface area contributed by atoms with E-state index in [9.17, 15) is 0 Å². The molecule has 7 heteroatoms. The maximum absolute atomic E-state index is 6.46. The van der Waals surface area contributed by atoms with Gasteiger partial charge in [-0.1, -0.05) is 78.4 Å². The zero-order chi connectivity index (χ0) is 28.3. The molecule has 5 aromatic rings. The number of dihydropyridines is 1. The highest BCUT2D eigenvalue weighted by molar-refractivity contribution is 6.30. The minimum absolute atomic E-state index is 0.298. The van der Waals surface area contributed by atoms with Gasteiger partial charge in [0.25, 0.3) is 0 Å². The maximum Gasteiger partial charge on any atom is 0.134 e. The summed E-state index contributed by atoms with van der Waals surface area (Å²) in [5.41, 5.74) is 7.87. The molecule has 1 aliphatic carbocycles. The van der Waals surface area contributed by atoms with Gasteiger partial charge in [-0.2, -0.15) is 0 Å². The summed E-state index contributed by atoms with van der Waals surface area (Å²) in [6.07, 6.45) is 10.7. The normalized spacial score (nSPS) is 18.1. The SMILES string of the molecule is Clc1nc2ccccc2cc1CNCc1ccc(CN(Cc2nc3ccccc3[nH]2)C2C=C3C=CC=NC3CC2)cc1. The van der Waals surface area contributed by atoms with Gasteiger partial charge in [-0.25, -0.2) is 9.97 Å². The molecule has 0 saturated carbocycles. The predicted octanol–water partition coefficient (Wildman–Crippen LogP) is 7.15. The van der Waals surface area contributed by atoms with Gasteiger partial charge in [0.2, 0.25) is 0 Å². The van der Waals surface area contributed by atoms with Crippen molar-refractivity contribution >= 4 is 39.8 Å². The molecule has 2 N–H and O–H groups in total. The largest absolute Gasteiger partial charge is 0.341 e. The van der Waals surface area contributed by atoms with E-state index in [0.29, 0.717) is 23.8 Å². The molecule has 0 saturated heterocycles. The third-order valence-electron chi connectivity index (χ3n) is 8.21. The lowest BCUT2D eigenvalue weighted by atomic mass is 9.89. The first-order chi connectivity index (χ1) is 20.7. The Kier molecular flexibility index (Phi) is 7.66. The van der Waals surface area contributed by atoms with Crippen molar-refractivity contribution in [2.75, 3.05) is 0 Å². The number of nitrogens with one attached hydrogen (secondary N) is 2. The minimum atomic E-state index is 0.298. The lowest BCUT2D eigenvalue weighted by Gasteiger charge is -2.34. The van der Waals surface area contributed by atoms with Gasteiger partial charge in [0.05, 0.1) is 29.1 Å². The second-order valence-electron chi connectivity index (χ2n) is 11.1. The van der Waals surface area contributed by atoms with Crippen molar-refractivity contribution < 1.29 is 0 Å². The first kappa shape index (κ1) is 26.8. The average Bonchev–Trinajstić information content (AvgIpc) is 3.44. The topological polar surface area (TPSA) is 69.2 Å². The number of H-pyrrole nitrogens is 1. The van der Waals surface area contributed by atoms with E-state index < -0.39 is 0 Å². The number of benzene rings is 3. The van der Waals surface area contributed by atoms with Crippen molar-refractivity contribution in [3.8, 4) is 0 Å². The second-order valence-corrected chi connectivity index (χ2v) is 11.5. The number of allylic oxidation sites excluding steroid dienone is 1. The van der Waals surface area contributed by atoms with Crippen molar-refractivity contribution in [1.82, 2.24) is 25.2 Å². The molecule has 0 amide bonds. The molecule has 0 spiro atoms. The van der Waals surface area contributed by atoms with Gasteiger partial charge in [-0.15, -0.1) is 0 Å². The number of aromatic amines is 1.